The molecule has 2 aromatic carbocycles. The number of aromatic amines is 1. The molecule has 0 unspecified atom stereocenters. The van der Waals surface area contributed by atoms with Crippen molar-refractivity contribution >= 4 is 23.1 Å². The molecule has 0 radical (unpaired) electrons. The SMILES string of the molecule is CCCc1ccc(-n2c(=S)[nH]c3ccccc3c2=O)cc1. The van der Waals surface area contributed by atoms with Gasteiger partial charge in [-0.3, -0.25) is 9.36 Å². The van der Waals surface area contributed by atoms with Crippen LogP contribution in [0.4, 0.5) is 0 Å². The van der Waals surface area contributed by atoms with Crippen LogP contribution in [-0.4, -0.2) is 9.55 Å². The molecule has 0 saturated heterocycles. The van der Waals surface area contributed by atoms with Gasteiger partial charge in [0, 0.05) is 0 Å². The van der Waals surface area contributed by atoms with Crippen LogP contribution < -0.4 is 5.56 Å². The molecule has 0 spiro atoms. The number of hydrogen-bond donors (Lipinski definition) is 1. The Labute approximate surface area is 127 Å². The van der Waals surface area contributed by atoms with E-state index in [4.69, 9.17) is 12.2 Å². The van der Waals surface area contributed by atoms with E-state index in [2.05, 4.69) is 24.0 Å². The molecule has 0 aliphatic carbocycles. The number of hydrogen-bond acceptors (Lipinski definition) is 2. The lowest BCUT2D eigenvalue weighted by Crippen LogP contribution is -2.20. The first-order valence-corrected chi connectivity index (χ1v) is 7.45. The highest BCUT2D eigenvalue weighted by molar-refractivity contribution is 7.71. The lowest BCUT2D eigenvalue weighted by molar-refractivity contribution is 0.911. The number of aryl methyl sites for hydroxylation is 1. The molecule has 0 fully saturated rings. The maximum Gasteiger partial charge on any atom is 0.266 e. The minimum Gasteiger partial charge on any atom is -0.331 e. The first-order valence-electron chi connectivity index (χ1n) is 7.04. The summed E-state index contributed by atoms with van der Waals surface area (Å²) in [5.74, 6) is 0. The topological polar surface area (TPSA) is 37.8 Å². The highest BCUT2D eigenvalue weighted by atomic mass is 32.1. The van der Waals surface area contributed by atoms with Gasteiger partial charge in [-0.05, 0) is 48.5 Å². The summed E-state index contributed by atoms with van der Waals surface area (Å²) in [6, 6.07) is 15.4. The fraction of sp³-hybridized carbons (Fsp3) is 0.176. The summed E-state index contributed by atoms with van der Waals surface area (Å²) in [6.45, 7) is 2.15. The van der Waals surface area contributed by atoms with Crippen LogP contribution in [0.25, 0.3) is 16.6 Å². The van der Waals surface area contributed by atoms with Crippen LogP contribution in [0.5, 0.6) is 0 Å². The second-order valence-electron chi connectivity index (χ2n) is 5.03. The average molecular weight is 296 g/mol. The van der Waals surface area contributed by atoms with E-state index in [-0.39, 0.29) is 5.56 Å². The predicted octanol–water partition coefficient (Wildman–Crippen LogP) is 4.00. The average Bonchev–Trinajstić information content (AvgIpc) is 2.49. The Morgan fingerprint density at radius 1 is 1.10 bits per heavy atom. The van der Waals surface area contributed by atoms with Gasteiger partial charge in [-0.1, -0.05) is 37.6 Å². The van der Waals surface area contributed by atoms with Gasteiger partial charge in [-0.15, -0.1) is 0 Å². The zero-order valence-electron chi connectivity index (χ0n) is 11.8. The molecule has 0 saturated carbocycles. The number of aromatic nitrogens is 2. The number of nitrogens with one attached hydrogen (secondary N) is 1. The Hall–Kier alpha value is -2.20. The molecule has 21 heavy (non-hydrogen) atoms. The van der Waals surface area contributed by atoms with Gasteiger partial charge in [0.15, 0.2) is 4.77 Å². The third kappa shape index (κ3) is 2.54. The lowest BCUT2D eigenvalue weighted by Gasteiger charge is -2.09. The van der Waals surface area contributed by atoms with Crippen molar-refractivity contribution in [3.8, 4) is 5.69 Å². The minimum absolute atomic E-state index is 0.0856. The molecule has 1 N–H and O–H groups in total. The van der Waals surface area contributed by atoms with Crippen LogP contribution in [0.3, 0.4) is 0 Å². The van der Waals surface area contributed by atoms with Crippen LogP contribution >= 0.6 is 12.2 Å². The Morgan fingerprint density at radius 2 is 1.81 bits per heavy atom. The van der Waals surface area contributed by atoms with Gasteiger partial charge in [0.25, 0.3) is 5.56 Å². The molecule has 0 aliphatic rings. The van der Waals surface area contributed by atoms with Crippen molar-refractivity contribution in [3.05, 3.63) is 69.2 Å². The number of rotatable bonds is 3. The van der Waals surface area contributed by atoms with Crippen molar-refractivity contribution in [2.24, 2.45) is 0 Å². The van der Waals surface area contributed by atoms with E-state index in [1.165, 1.54) is 5.56 Å². The van der Waals surface area contributed by atoms with E-state index in [9.17, 15) is 4.79 Å². The zero-order chi connectivity index (χ0) is 14.8. The van der Waals surface area contributed by atoms with E-state index in [0.29, 0.717) is 10.2 Å². The van der Waals surface area contributed by atoms with E-state index in [1.54, 1.807) is 4.57 Å². The third-order valence-corrected chi connectivity index (χ3v) is 3.82. The Bertz CT molecular complexity index is 891. The van der Waals surface area contributed by atoms with Crippen LogP contribution in [0.15, 0.2) is 53.3 Å². The van der Waals surface area contributed by atoms with Crippen molar-refractivity contribution in [2.45, 2.75) is 19.8 Å². The summed E-state index contributed by atoms with van der Waals surface area (Å²) in [4.78, 5) is 15.8. The maximum absolute atomic E-state index is 12.6. The van der Waals surface area contributed by atoms with Gasteiger partial charge in [-0.25, -0.2) is 0 Å². The van der Waals surface area contributed by atoms with Gasteiger partial charge < -0.3 is 4.98 Å². The lowest BCUT2D eigenvalue weighted by atomic mass is 10.1. The van der Waals surface area contributed by atoms with Crippen molar-refractivity contribution in [1.29, 1.82) is 0 Å². The van der Waals surface area contributed by atoms with E-state index in [0.717, 1.165) is 24.0 Å². The molecule has 106 valence electrons. The molecule has 1 heterocycles. The fourth-order valence-corrected chi connectivity index (χ4v) is 2.80. The number of nitrogens with zero attached hydrogens (tertiary/aromatic N) is 1. The summed E-state index contributed by atoms with van der Waals surface area (Å²) in [5.41, 5.74) is 2.75. The van der Waals surface area contributed by atoms with Crippen LogP contribution in [0.2, 0.25) is 0 Å². The molecule has 0 atom stereocenters. The molecule has 4 heteroatoms. The van der Waals surface area contributed by atoms with Crippen molar-refractivity contribution in [1.82, 2.24) is 9.55 Å². The van der Waals surface area contributed by atoms with Gasteiger partial charge in [-0.2, -0.15) is 0 Å². The van der Waals surface area contributed by atoms with Crippen molar-refractivity contribution in [3.63, 3.8) is 0 Å². The van der Waals surface area contributed by atoms with Crippen LogP contribution in [0, 0.1) is 4.77 Å². The molecular formula is C17H16N2OS. The highest BCUT2D eigenvalue weighted by Crippen LogP contribution is 2.12. The molecular weight excluding hydrogens is 280 g/mol. The standard InChI is InChI=1S/C17H16N2OS/c1-2-5-12-8-10-13(11-9-12)19-16(20)14-6-3-4-7-15(14)18-17(19)21/h3-4,6-11H,2,5H2,1H3,(H,18,21). The quantitative estimate of drug-likeness (QED) is 0.742. The second-order valence-corrected chi connectivity index (χ2v) is 5.42. The van der Waals surface area contributed by atoms with E-state index >= 15 is 0 Å². The fourth-order valence-electron chi connectivity index (χ4n) is 2.50. The first-order chi connectivity index (χ1) is 10.2. The van der Waals surface area contributed by atoms with Crippen LogP contribution in [-0.2, 0) is 6.42 Å². The molecule has 3 aromatic rings. The Balaban J connectivity index is 2.20. The van der Waals surface area contributed by atoms with Crippen LogP contribution in [0.1, 0.15) is 18.9 Å². The molecule has 0 bridgehead atoms. The van der Waals surface area contributed by atoms with E-state index < -0.39 is 0 Å². The summed E-state index contributed by atoms with van der Waals surface area (Å²) in [7, 11) is 0. The molecule has 3 nitrogen and oxygen atoms in total. The monoisotopic (exact) mass is 296 g/mol. The third-order valence-electron chi connectivity index (χ3n) is 3.54. The largest absolute Gasteiger partial charge is 0.331 e. The number of fused-ring (bicyclic) bond motifs is 1. The van der Waals surface area contributed by atoms with Gasteiger partial charge in [0.2, 0.25) is 0 Å². The molecule has 3 rings (SSSR count). The Morgan fingerprint density at radius 3 is 2.52 bits per heavy atom. The molecule has 0 aliphatic heterocycles. The Kier molecular flexibility index (Phi) is 3.71. The van der Waals surface area contributed by atoms with Gasteiger partial charge in [0.05, 0.1) is 16.6 Å². The predicted molar refractivity (Wildman–Crippen MR) is 88.7 cm³/mol. The van der Waals surface area contributed by atoms with Gasteiger partial charge >= 0.3 is 0 Å². The number of para-hydroxylation sites is 1. The maximum atomic E-state index is 12.6. The molecule has 1 aromatic heterocycles. The minimum atomic E-state index is -0.0856. The van der Waals surface area contributed by atoms with Gasteiger partial charge in [0.1, 0.15) is 0 Å². The van der Waals surface area contributed by atoms with Crippen molar-refractivity contribution < 1.29 is 0 Å². The van der Waals surface area contributed by atoms with Crippen molar-refractivity contribution in [2.75, 3.05) is 0 Å². The normalized spacial score (nSPS) is 10.9. The summed E-state index contributed by atoms with van der Waals surface area (Å²) < 4.78 is 1.97. The molecule has 0 amide bonds. The summed E-state index contributed by atoms with van der Waals surface area (Å²) in [5, 5.41) is 0.642. The summed E-state index contributed by atoms with van der Waals surface area (Å²) in [6.07, 6.45) is 2.15. The summed E-state index contributed by atoms with van der Waals surface area (Å²) >= 11 is 5.34. The second kappa shape index (κ2) is 5.66. The first kappa shape index (κ1) is 13.8. The number of H-pyrrole nitrogens is 1. The highest BCUT2D eigenvalue weighted by Gasteiger charge is 2.07. The van der Waals surface area contributed by atoms with E-state index in [1.807, 2.05) is 36.4 Å². The number of benzene rings is 2. The smallest absolute Gasteiger partial charge is 0.266 e. The zero-order valence-corrected chi connectivity index (χ0v) is 12.6.